The first-order valence-electron chi connectivity index (χ1n) is 11.1. The van der Waals surface area contributed by atoms with Crippen molar-refractivity contribution in [3.05, 3.63) is 76.2 Å². The second-order valence-corrected chi connectivity index (χ2v) is 8.92. The van der Waals surface area contributed by atoms with Crippen LogP contribution in [0.1, 0.15) is 21.1 Å². The van der Waals surface area contributed by atoms with Gasteiger partial charge in [0.1, 0.15) is 5.01 Å². The van der Waals surface area contributed by atoms with E-state index in [-0.39, 0.29) is 12.3 Å². The Balaban J connectivity index is 1.20. The number of anilines is 2. The Kier molecular flexibility index (Phi) is 8.24. The summed E-state index contributed by atoms with van der Waals surface area (Å²) in [4.78, 5) is 33.2. The average Bonchev–Trinajstić information content (AvgIpc) is 3.33. The minimum atomic E-state index is -0.629. The van der Waals surface area contributed by atoms with Crippen molar-refractivity contribution in [3.8, 4) is 0 Å². The Morgan fingerprint density at radius 1 is 1.03 bits per heavy atom. The van der Waals surface area contributed by atoms with E-state index in [4.69, 9.17) is 9.47 Å². The van der Waals surface area contributed by atoms with Gasteiger partial charge in [0.05, 0.1) is 6.61 Å². The molecule has 8 nitrogen and oxygen atoms in total. The van der Waals surface area contributed by atoms with Crippen LogP contribution in [0.4, 0.5) is 11.4 Å². The number of nitrogens with one attached hydrogen (secondary N) is 1. The van der Waals surface area contributed by atoms with Crippen LogP contribution in [-0.4, -0.2) is 61.7 Å². The Morgan fingerprint density at radius 2 is 1.76 bits per heavy atom. The van der Waals surface area contributed by atoms with Crippen molar-refractivity contribution in [2.75, 3.05) is 50.1 Å². The number of benzene rings is 2. The predicted molar refractivity (Wildman–Crippen MR) is 132 cm³/mol. The number of carbonyl (C=O) groups excluding carboxylic acids is 2. The molecule has 4 rings (SSSR count). The largest absolute Gasteiger partial charge is 0.451 e. The topological polar surface area (TPSA) is 84.0 Å². The Morgan fingerprint density at radius 3 is 2.47 bits per heavy atom. The zero-order valence-corrected chi connectivity index (χ0v) is 19.9. The van der Waals surface area contributed by atoms with E-state index in [9.17, 15) is 9.59 Å². The fourth-order valence-electron chi connectivity index (χ4n) is 3.76. The molecule has 34 heavy (non-hydrogen) atoms. The molecule has 1 aliphatic rings. The molecule has 1 aliphatic heterocycles. The molecule has 1 fully saturated rings. The minimum absolute atomic E-state index is 0.179. The summed E-state index contributed by atoms with van der Waals surface area (Å²) in [6.07, 6.45) is 0. The van der Waals surface area contributed by atoms with Gasteiger partial charge < -0.3 is 19.7 Å². The van der Waals surface area contributed by atoms with E-state index in [1.807, 2.05) is 30.3 Å². The van der Waals surface area contributed by atoms with Crippen LogP contribution in [0.3, 0.4) is 0 Å². The highest BCUT2D eigenvalue weighted by Gasteiger charge is 2.18. The van der Waals surface area contributed by atoms with Crippen molar-refractivity contribution >= 4 is 34.6 Å². The lowest BCUT2D eigenvalue weighted by Crippen LogP contribution is -2.45. The molecule has 9 heteroatoms. The SMILES string of the molecule is COCc1nc(C(=O)OCC(=O)Nc2ccc(N3CCN(Cc4ccccc4)CC3)cc2)cs1. The molecule has 2 aromatic carbocycles. The summed E-state index contributed by atoms with van der Waals surface area (Å²) in [6.45, 7) is 4.85. The van der Waals surface area contributed by atoms with E-state index >= 15 is 0 Å². The summed E-state index contributed by atoms with van der Waals surface area (Å²) in [7, 11) is 1.56. The lowest BCUT2D eigenvalue weighted by atomic mass is 10.2. The van der Waals surface area contributed by atoms with Crippen LogP contribution >= 0.6 is 11.3 Å². The number of amides is 1. The van der Waals surface area contributed by atoms with Crippen molar-refractivity contribution in [2.24, 2.45) is 0 Å². The normalized spacial score (nSPS) is 14.1. The number of hydrogen-bond acceptors (Lipinski definition) is 8. The maximum Gasteiger partial charge on any atom is 0.358 e. The van der Waals surface area contributed by atoms with Crippen LogP contribution in [0, 0.1) is 0 Å². The predicted octanol–water partition coefficient (Wildman–Crippen LogP) is 3.41. The molecule has 1 aromatic heterocycles. The molecule has 0 radical (unpaired) electrons. The number of aromatic nitrogens is 1. The lowest BCUT2D eigenvalue weighted by Gasteiger charge is -2.36. The van der Waals surface area contributed by atoms with Gasteiger partial charge in [-0.25, -0.2) is 9.78 Å². The second kappa shape index (κ2) is 11.7. The van der Waals surface area contributed by atoms with Crippen LogP contribution < -0.4 is 10.2 Å². The Labute approximate surface area is 203 Å². The minimum Gasteiger partial charge on any atom is -0.451 e. The standard InChI is InChI=1S/C25H28N4O4S/c1-32-17-24-27-22(18-34-24)25(31)33-16-23(30)26-20-7-9-21(10-8-20)29-13-11-28(12-14-29)15-19-5-3-2-4-6-19/h2-10,18H,11-17H2,1H3,(H,26,30). The summed E-state index contributed by atoms with van der Waals surface area (Å²) >= 11 is 1.31. The van der Waals surface area contributed by atoms with Gasteiger partial charge in [-0.2, -0.15) is 0 Å². The molecule has 0 spiro atoms. The second-order valence-electron chi connectivity index (χ2n) is 7.98. The van der Waals surface area contributed by atoms with Crippen molar-refractivity contribution in [3.63, 3.8) is 0 Å². The molecule has 0 saturated carbocycles. The van der Waals surface area contributed by atoms with Gasteiger partial charge in [-0.15, -0.1) is 11.3 Å². The molecule has 0 unspecified atom stereocenters. The van der Waals surface area contributed by atoms with E-state index < -0.39 is 11.9 Å². The molecule has 2 heterocycles. The molecule has 1 N–H and O–H groups in total. The number of methoxy groups -OCH3 is 1. The fraction of sp³-hybridized carbons (Fsp3) is 0.320. The van der Waals surface area contributed by atoms with Gasteiger partial charge in [-0.1, -0.05) is 30.3 Å². The highest BCUT2D eigenvalue weighted by atomic mass is 32.1. The van der Waals surface area contributed by atoms with E-state index in [0.29, 0.717) is 17.3 Å². The summed E-state index contributed by atoms with van der Waals surface area (Å²) < 4.78 is 10.1. The molecule has 3 aromatic rings. The summed E-state index contributed by atoms with van der Waals surface area (Å²) in [5.41, 5.74) is 3.30. The molecule has 0 atom stereocenters. The fourth-order valence-corrected chi connectivity index (χ4v) is 4.49. The number of nitrogens with zero attached hydrogens (tertiary/aromatic N) is 3. The molecule has 0 bridgehead atoms. The third-order valence-corrected chi connectivity index (χ3v) is 6.32. The van der Waals surface area contributed by atoms with E-state index in [2.05, 4.69) is 44.4 Å². The number of hydrogen-bond donors (Lipinski definition) is 1. The maximum absolute atomic E-state index is 12.2. The van der Waals surface area contributed by atoms with Crippen LogP contribution in [0.5, 0.6) is 0 Å². The molecule has 1 saturated heterocycles. The first-order chi connectivity index (χ1) is 16.6. The first kappa shape index (κ1) is 23.9. The van der Waals surface area contributed by atoms with Crippen LogP contribution in [-0.2, 0) is 27.4 Å². The number of esters is 1. The third kappa shape index (κ3) is 6.63. The van der Waals surface area contributed by atoms with E-state index in [0.717, 1.165) is 38.4 Å². The van der Waals surface area contributed by atoms with Gasteiger partial charge >= 0.3 is 5.97 Å². The average molecular weight is 481 g/mol. The molecule has 1 amide bonds. The summed E-state index contributed by atoms with van der Waals surface area (Å²) in [5.74, 6) is -1.03. The lowest BCUT2D eigenvalue weighted by molar-refractivity contribution is -0.119. The van der Waals surface area contributed by atoms with Crippen molar-refractivity contribution in [2.45, 2.75) is 13.2 Å². The number of thiazole rings is 1. The van der Waals surface area contributed by atoms with Gasteiger partial charge in [0.25, 0.3) is 5.91 Å². The van der Waals surface area contributed by atoms with Gasteiger partial charge in [0.15, 0.2) is 12.3 Å². The Hall–Kier alpha value is -3.27. The number of carbonyl (C=O) groups is 2. The van der Waals surface area contributed by atoms with Gasteiger partial charge in [-0.05, 0) is 29.8 Å². The highest BCUT2D eigenvalue weighted by Crippen LogP contribution is 2.20. The first-order valence-corrected chi connectivity index (χ1v) is 12.0. The zero-order chi connectivity index (χ0) is 23.8. The van der Waals surface area contributed by atoms with E-state index in [1.165, 1.54) is 16.9 Å². The molecular formula is C25H28N4O4S. The van der Waals surface area contributed by atoms with Crippen LogP contribution in [0.15, 0.2) is 60.0 Å². The molecule has 0 aliphatic carbocycles. The van der Waals surface area contributed by atoms with Crippen LogP contribution in [0.2, 0.25) is 0 Å². The smallest absolute Gasteiger partial charge is 0.358 e. The van der Waals surface area contributed by atoms with Gasteiger partial charge in [0.2, 0.25) is 0 Å². The van der Waals surface area contributed by atoms with Crippen molar-refractivity contribution in [1.82, 2.24) is 9.88 Å². The maximum atomic E-state index is 12.2. The van der Waals surface area contributed by atoms with Gasteiger partial charge in [-0.3, -0.25) is 9.69 Å². The quantitative estimate of drug-likeness (QED) is 0.470. The van der Waals surface area contributed by atoms with E-state index in [1.54, 1.807) is 12.5 Å². The zero-order valence-electron chi connectivity index (χ0n) is 19.1. The van der Waals surface area contributed by atoms with Gasteiger partial charge in [0, 0.05) is 56.6 Å². The monoisotopic (exact) mass is 480 g/mol. The number of piperazine rings is 1. The van der Waals surface area contributed by atoms with Crippen molar-refractivity contribution in [1.29, 1.82) is 0 Å². The number of ether oxygens (including phenoxy) is 2. The number of rotatable bonds is 9. The molecular weight excluding hydrogens is 452 g/mol. The van der Waals surface area contributed by atoms with Crippen LogP contribution in [0.25, 0.3) is 0 Å². The summed E-state index contributed by atoms with van der Waals surface area (Å²) in [6, 6.07) is 18.3. The van der Waals surface area contributed by atoms with Crippen molar-refractivity contribution < 1.29 is 19.1 Å². The third-order valence-electron chi connectivity index (χ3n) is 5.50. The Bertz CT molecular complexity index is 1080. The summed E-state index contributed by atoms with van der Waals surface area (Å²) in [5, 5.41) is 5.03. The highest BCUT2D eigenvalue weighted by molar-refractivity contribution is 7.09. The molecule has 178 valence electrons.